The highest BCUT2D eigenvalue weighted by molar-refractivity contribution is 7.07. The Morgan fingerprint density at radius 3 is 2.64 bits per heavy atom. The van der Waals surface area contributed by atoms with E-state index in [2.05, 4.69) is 21.7 Å². The number of nitrogens with zero attached hydrogens (tertiary/aromatic N) is 4. The number of rotatable bonds is 6. The number of ether oxygens (including phenoxy) is 1. The van der Waals surface area contributed by atoms with Gasteiger partial charge >= 0.3 is 0 Å². The Morgan fingerprint density at radius 1 is 1.18 bits per heavy atom. The number of likely N-dealkylation sites (tertiary alicyclic amines) is 1. The van der Waals surface area contributed by atoms with Crippen LogP contribution in [0.5, 0.6) is 5.75 Å². The standard InChI is InChI=1S/C21H28N4O2S/c1-2-23-9-11-24(12-10-23)19-7-8-25(13-19)21(26)17-3-5-20(6-4-17)27-14-18-15-28-16-22-18/h3-6,15-16,19H,2,7-14H2,1H3. The molecule has 3 heterocycles. The van der Waals surface area contributed by atoms with Crippen molar-refractivity contribution in [2.75, 3.05) is 45.8 Å². The van der Waals surface area contributed by atoms with Crippen molar-refractivity contribution in [3.63, 3.8) is 0 Å². The van der Waals surface area contributed by atoms with Gasteiger partial charge in [0.2, 0.25) is 0 Å². The summed E-state index contributed by atoms with van der Waals surface area (Å²) < 4.78 is 5.73. The monoisotopic (exact) mass is 400 g/mol. The van der Waals surface area contributed by atoms with Crippen LogP contribution in [0.3, 0.4) is 0 Å². The highest BCUT2D eigenvalue weighted by atomic mass is 32.1. The van der Waals surface area contributed by atoms with E-state index < -0.39 is 0 Å². The van der Waals surface area contributed by atoms with Gasteiger partial charge in [0.25, 0.3) is 5.91 Å². The largest absolute Gasteiger partial charge is 0.487 e. The number of hydrogen-bond donors (Lipinski definition) is 0. The Balaban J connectivity index is 1.28. The van der Waals surface area contributed by atoms with E-state index in [9.17, 15) is 4.79 Å². The molecule has 0 bridgehead atoms. The molecule has 0 N–H and O–H groups in total. The lowest BCUT2D eigenvalue weighted by Gasteiger charge is -2.37. The predicted octanol–water partition coefficient (Wildman–Crippen LogP) is 2.57. The predicted molar refractivity (Wildman–Crippen MR) is 111 cm³/mol. The maximum atomic E-state index is 12.9. The van der Waals surface area contributed by atoms with Crippen molar-refractivity contribution in [2.24, 2.45) is 0 Å². The van der Waals surface area contributed by atoms with Crippen LogP contribution in [0.4, 0.5) is 0 Å². The van der Waals surface area contributed by atoms with Crippen molar-refractivity contribution < 1.29 is 9.53 Å². The molecule has 1 atom stereocenters. The summed E-state index contributed by atoms with van der Waals surface area (Å²) in [5, 5.41) is 1.98. The van der Waals surface area contributed by atoms with Crippen molar-refractivity contribution in [3.8, 4) is 5.75 Å². The van der Waals surface area contributed by atoms with Crippen LogP contribution in [0.25, 0.3) is 0 Å². The maximum Gasteiger partial charge on any atom is 0.253 e. The molecule has 0 aliphatic carbocycles. The van der Waals surface area contributed by atoms with Gasteiger partial charge in [0.05, 0.1) is 11.2 Å². The molecule has 7 heteroatoms. The van der Waals surface area contributed by atoms with Gasteiger partial charge in [0.1, 0.15) is 12.4 Å². The lowest BCUT2D eigenvalue weighted by atomic mass is 10.2. The summed E-state index contributed by atoms with van der Waals surface area (Å²) in [5.41, 5.74) is 3.46. The molecule has 4 rings (SSSR count). The van der Waals surface area contributed by atoms with Crippen molar-refractivity contribution in [3.05, 3.63) is 46.4 Å². The minimum absolute atomic E-state index is 0.126. The number of thiazole rings is 1. The number of benzene rings is 1. The van der Waals surface area contributed by atoms with Gasteiger partial charge in [-0.3, -0.25) is 9.69 Å². The van der Waals surface area contributed by atoms with Gasteiger partial charge in [-0.15, -0.1) is 11.3 Å². The van der Waals surface area contributed by atoms with E-state index >= 15 is 0 Å². The van der Waals surface area contributed by atoms with Crippen LogP contribution in [-0.2, 0) is 6.61 Å². The van der Waals surface area contributed by atoms with Crippen LogP contribution in [0.1, 0.15) is 29.4 Å². The third kappa shape index (κ3) is 4.54. The normalized spacial score (nSPS) is 21.2. The summed E-state index contributed by atoms with van der Waals surface area (Å²) >= 11 is 1.56. The van der Waals surface area contributed by atoms with Crippen LogP contribution in [0, 0.1) is 0 Å². The van der Waals surface area contributed by atoms with Crippen LogP contribution in [0.15, 0.2) is 35.2 Å². The average Bonchev–Trinajstić information content (AvgIpc) is 3.44. The van der Waals surface area contributed by atoms with E-state index in [4.69, 9.17) is 4.74 Å². The molecule has 1 unspecified atom stereocenters. The summed E-state index contributed by atoms with van der Waals surface area (Å²) in [7, 11) is 0. The molecule has 1 aromatic carbocycles. The second-order valence-corrected chi connectivity index (χ2v) is 8.18. The lowest BCUT2D eigenvalue weighted by Crippen LogP contribution is -2.51. The topological polar surface area (TPSA) is 48.9 Å². The van der Waals surface area contributed by atoms with E-state index in [1.54, 1.807) is 16.8 Å². The van der Waals surface area contributed by atoms with Crippen molar-refractivity contribution in [1.29, 1.82) is 0 Å². The quantitative estimate of drug-likeness (QED) is 0.746. The van der Waals surface area contributed by atoms with Gasteiger partial charge < -0.3 is 14.5 Å². The number of hydrogen-bond acceptors (Lipinski definition) is 6. The van der Waals surface area contributed by atoms with E-state index in [1.807, 2.05) is 34.5 Å². The Bertz CT molecular complexity index is 757. The molecule has 0 spiro atoms. The Kier molecular flexibility index (Phi) is 6.24. The zero-order valence-electron chi connectivity index (χ0n) is 16.4. The smallest absolute Gasteiger partial charge is 0.253 e. The number of amides is 1. The van der Waals surface area contributed by atoms with Gasteiger partial charge in [-0.25, -0.2) is 4.98 Å². The van der Waals surface area contributed by atoms with E-state index in [0.29, 0.717) is 12.6 Å². The molecular formula is C21H28N4O2S. The minimum Gasteiger partial charge on any atom is -0.487 e. The van der Waals surface area contributed by atoms with Gasteiger partial charge in [0.15, 0.2) is 0 Å². The van der Waals surface area contributed by atoms with Crippen LogP contribution < -0.4 is 4.74 Å². The molecule has 2 fully saturated rings. The van der Waals surface area contributed by atoms with E-state index in [-0.39, 0.29) is 5.91 Å². The molecule has 1 aromatic heterocycles. The summed E-state index contributed by atoms with van der Waals surface area (Å²) in [4.78, 5) is 24.1. The lowest BCUT2D eigenvalue weighted by molar-refractivity contribution is 0.0745. The molecule has 2 aliphatic rings. The zero-order chi connectivity index (χ0) is 19.3. The highest BCUT2D eigenvalue weighted by Crippen LogP contribution is 2.21. The summed E-state index contributed by atoms with van der Waals surface area (Å²) in [5.74, 6) is 0.887. The SMILES string of the molecule is CCN1CCN(C2CCN(C(=O)c3ccc(OCc4cscn4)cc3)C2)CC1. The van der Waals surface area contributed by atoms with Gasteiger partial charge in [-0.2, -0.15) is 0 Å². The molecule has 2 aliphatic heterocycles. The number of likely N-dealkylation sites (N-methyl/N-ethyl adjacent to an activating group) is 1. The summed E-state index contributed by atoms with van der Waals surface area (Å²) in [6, 6.07) is 7.98. The van der Waals surface area contributed by atoms with E-state index in [1.165, 1.54) is 0 Å². The fourth-order valence-electron chi connectivity index (χ4n) is 4.01. The average molecular weight is 401 g/mol. The fourth-order valence-corrected chi connectivity index (χ4v) is 4.55. The summed E-state index contributed by atoms with van der Waals surface area (Å²) in [6.45, 7) is 10.0. The molecule has 6 nitrogen and oxygen atoms in total. The van der Waals surface area contributed by atoms with Gasteiger partial charge in [0, 0.05) is 56.3 Å². The highest BCUT2D eigenvalue weighted by Gasteiger charge is 2.32. The molecule has 28 heavy (non-hydrogen) atoms. The fraction of sp³-hybridized carbons (Fsp3) is 0.524. The number of carbonyl (C=O) groups excluding carboxylic acids is 1. The van der Waals surface area contributed by atoms with Gasteiger partial charge in [-0.1, -0.05) is 6.92 Å². The third-order valence-corrected chi connectivity index (χ3v) is 6.43. The minimum atomic E-state index is 0.126. The molecule has 1 amide bonds. The first-order valence-corrected chi connectivity index (χ1v) is 11.0. The number of piperazine rings is 1. The number of carbonyl (C=O) groups is 1. The Hall–Kier alpha value is -1.96. The maximum absolute atomic E-state index is 12.9. The zero-order valence-corrected chi connectivity index (χ0v) is 17.2. The van der Waals surface area contributed by atoms with Crippen LogP contribution >= 0.6 is 11.3 Å². The molecular weight excluding hydrogens is 372 g/mol. The summed E-state index contributed by atoms with van der Waals surface area (Å²) in [6.07, 6.45) is 1.08. The van der Waals surface area contributed by atoms with Crippen LogP contribution in [-0.4, -0.2) is 77.4 Å². The number of aromatic nitrogens is 1. The first kappa shape index (κ1) is 19.4. The molecule has 2 saturated heterocycles. The van der Waals surface area contributed by atoms with Crippen molar-refractivity contribution >= 4 is 17.2 Å². The molecule has 150 valence electrons. The van der Waals surface area contributed by atoms with Crippen molar-refractivity contribution in [2.45, 2.75) is 26.0 Å². The van der Waals surface area contributed by atoms with Gasteiger partial charge in [-0.05, 0) is 37.2 Å². The van der Waals surface area contributed by atoms with Crippen molar-refractivity contribution in [1.82, 2.24) is 19.7 Å². The Morgan fingerprint density at radius 2 is 1.96 bits per heavy atom. The van der Waals surface area contributed by atoms with Crippen LogP contribution in [0.2, 0.25) is 0 Å². The molecule has 0 radical (unpaired) electrons. The molecule has 0 saturated carbocycles. The van der Waals surface area contributed by atoms with E-state index in [0.717, 1.165) is 69.2 Å². The molecule has 2 aromatic rings. The Labute approximate surface area is 170 Å². The first-order valence-electron chi connectivity index (χ1n) is 10.1. The second kappa shape index (κ2) is 9.03. The third-order valence-electron chi connectivity index (χ3n) is 5.79. The first-order chi connectivity index (χ1) is 13.7. The second-order valence-electron chi connectivity index (χ2n) is 7.46.